The van der Waals surface area contributed by atoms with Gasteiger partial charge in [0, 0.05) is 43.0 Å². The van der Waals surface area contributed by atoms with E-state index in [0.29, 0.717) is 48.2 Å². The van der Waals surface area contributed by atoms with Gasteiger partial charge in [0.15, 0.2) is 5.65 Å². The summed E-state index contributed by atoms with van der Waals surface area (Å²) in [6.07, 6.45) is 4.84. The first-order chi connectivity index (χ1) is 17.6. The lowest BCUT2D eigenvalue weighted by atomic mass is 9.91. The van der Waals surface area contributed by atoms with Gasteiger partial charge >= 0.3 is 0 Å². The van der Waals surface area contributed by atoms with Gasteiger partial charge in [-0.05, 0) is 52.7 Å². The number of allylic oxidation sites excluding steroid dienone is 1. The number of carbonyl (C=O) groups is 3. The number of aliphatic hydroxyl groups is 1. The Labute approximate surface area is 215 Å². The van der Waals surface area contributed by atoms with E-state index in [1.165, 1.54) is 0 Å². The SMILES string of the molecule is CC1=CC(C)=NC(=O)C1CNC(=O)c1cc(C2CCN(C(=O)[C@@H](N)CO)CC2)nc2c1cnn2C(C)C. The summed E-state index contributed by atoms with van der Waals surface area (Å²) in [5.74, 6) is -1.26. The summed E-state index contributed by atoms with van der Waals surface area (Å²) in [6.45, 7) is 8.41. The van der Waals surface area contributed by atoms with E-state index < -0.39 is 12.0 Å². The first-order valence-corrected chi connectivity index (χ1v) is 12.7. The summed E-state index contributed by atoms with van der Waals surface area (Å²) in [7, 11) is 0. The molecule has 2 aliphatic heterocycles. The Morgan fingerprint density at radius 1 is 1.24 bits per heavy atom. The maximum Gasteiger partial charge on any atom is 0.254 e. The Hall–Kier alpha value is -3.44. The van der Waals surface area contributed by atoms with E-state index in [0.717, 1.165) is 11.3 Å². The van der Waals surface area contributed by atoms with Gasteiger partial charge in [-0.15, -0.1) is 0 Å². The van der Waals surface area contributed by atoms with Crippen LogP contribution in [0.25, 0.3) is 11.0 Å². The second-order valence-corrected chi connectivity index (χ2v) is 10.1. The van der Waals surface area contributed by atoms with Gasteiger partial charge in [0.2, 0.25) is 5.91 Å². The van der Waals surface area contributed by atoms with Crippen LogP contribution in [0.3, 0.4) is 0 Å². The molecule has 1 unspecified atom stereocenters. The molecule has 3 amide bonds. The van der Waals surface area contributed by atoms with Crippen LogP contribution in [-0.2, 0) is 9.59 Å². The Morgan fingerprint density at radius 3 is 2.57 bits per heavy atom. The summed E-state index contributed by atoms with van der Waals surface area (Å²) < 4.78 is 1.80. The number of nitrogens with two attached hydrogens (primary N) is 1. The van der Waals surface area contributed by atoms with Crippen LogP contribution in [0.2, 0.25) is 0 Å². The second-order valence-electron chi connectivity index (χ2n) is 10.1. The van der Waals surface area contributed by atoms with Crippen molar-refractivity contribution in [1.29, 1.82) is 0 Å². The van der Waals surface area contributed by atoms with E-state index in [-0.39, 0.29) is 42.8 Å². The highest BCUT2D eigenvalue weighted by molar-refractivity contribution is 6.07. The number of nitrogens with zero attached hydrogens (tertiary/aromatic N) is 5. The lowest BCUT2D eigenvalue weighted by Gasteiger charge is -2.33. The van der Waals surface area contributed by atoms with Crippen molar-refractivity contribution in [2.45, 2.75) is 58.5 Å². The van der Waals surface area contributed by atoms with Crippen molar-refractivity contribution < 1.29 is 19.5 Å². The Morgan fingerprint density at radius 2 is 1.95 bits per heavy atom. The van der Waals surface area contributed by atoms with E-state index in [9.17, 15) is 19.5 Å². The average molecular weight is 510 g/mol. The van der Waals surface area contributed by atoms with Crippen molar-refractivity contribution in [2.75, 3.05) is 26.2 Å². The second kappa shape index (κ2) is 10.9. The van der Waals surface area contributed by atoms with E-state index in [4.69, 9.17) is 10.7 Å². The number of rotatable bonds is 7. The third-order valence-electron chi connectivity index (χ3n) is 7.10. The van der Waals surface area contributed by atoms with Crippen LogP contribution in [0, 0.1) is 5.92 Å². The van der Waals surface area contributed by atoms with Crippen LogP contribution in [0.4, 0.5) is 0 Å². The average Bonchev–Trinajstić information content (AvgIpc) is 3.31. The number of fused-ring (bicyclic) bond motifs is 1. The molecule has 4 heterocycles. The molecule has 2 atom stereocenters. The minimum absolute atomic E-state index is 0.0447. The van der Waals surface area contributed by atoms with E-state index >= 15 is 0 Å². The maximum absolute atomic E-state index is 13.4. The monoisotopic (exact) mass is 509 g/mol. The number of likely N-dealkylation sites (tertiary alicyclic amines) is 1. The van der Waals surface area contributed by atoms with Crippen LogP contribution < -0.4 is 11.1 Å². The van der Waals surface area contributed by atoms with Crippen molar-refractivity contribution in [1.82, 2.24) is 25.0 Å². The normalized spacial score (nSPS) is 19.7. The zero-order valence-electron chi connectivity index (χ0n) is 21.8. The molecule has 37 heavy (non-hydrogen) atoms. The van der Waals surface area contributed by atoms with Gasteiger partial charge in [0.1, 0.15) is 6.04 Å². The standard InChI is InChI=1S/C26H35N7O4/c1-14(2)33-23-20(12-29-33)18(24(35)28-11-19-15(3)9-16(4)30-25(19)36)10-22(31-23)17-5-7-32(8-6-17)26(37)21(27)13-34/h9-10,12,14,17,19,21,34H,5-8,11,13,27H2,1-4H3,(H,28,35)/t19?,21-/m0/s1. The highest BCUT2D eigenvalue weighted by Crippen LogP contribution is 2.31. The number of carbonyl (C=O) groups excluding carboxylic acids is 3. The minimum atomic E-state index is -0.911. The summed E-state index contributed by atoms with van der Waals surface area (Å²) >= 11 is 0. The van der Waals surface area contributed by atoms with Gasteiger partial charge in [-0.1, -0.05) is 5.57 Å². The minimum Gasteiger partial charge on any atom is -0.394 e. The fourth-order valence-corrected chi connectivity index (χ4v) is 4.97. The van der Waals surface area contributed by atoms with Crippen LogP contribution in [0.5, 0.6) is 0 Å². The first-order valence-electron chi connectivity index (χ1n) is 12.7. The molecule has 4 rings (SSSR count). The van der Waals surface area contributed by atoms with Crippen LogP contribution >= 0.6 is 0 Å². The molecule has 0 radical (unpaired) electrons. The number of nitrogens with one attached hydrogen (secondary N) is 1. The van der Waals surface area contributed by atoms with Crippen molar-refractivity contribution in [3.8, 4) is 0 Å². The quantitative estimate of drug-likeness (QED) is 0.508. The molecule has 1 saturated heterocycles. The van der Waals surface area contributed by atoms with E-state index in [1.807, 2.05) is 26.8 Å². The summed E-state index contributed by atoms with van der Waals surface area (Å²) in [5, 5.41) is 17.3. The molecular weight excluding hydrogens is 474 g/mol. The largest absolute Gasteiger partial charge is 0.394 e. The number of dihydropyridines is 1. The fourth-order valence-electron chi connectivity index (χ4n) is 4.97. The van der Waals surface area contributed by atoms with Gasteiger partial charge < -0.3 is 21.1 Å². The molecular formula is C26H35N7O4. The maximum atomic E-state index is 13.4. The number of aliphatic hydroxyl groups excluding tert-OH is 1. The number of hydrogen-bond acceptors (Lipinski definition) is 7. The molecule has 2 aromatic heterocycles. The fraction of sp³-hybridized carbons (Fsp3) is 0.538. The molecule has 1 fully saturated rings. The lowest BCUT2D eigenvalue weighted by molar-refractivity contribution is -0.134. The first kappa shape index (κ1) is 26.6. The molecule has 2 aliphatic rings. The van der Waals surface area contributed by atoms with Crippen molar-refractivity contribution in [2.24, 2.45) is 16.6 Å². The number of hydrogen-bond donors (Lipinski definition) is 3. The molecule has 0 bridgehead atoms. The third kappa shape index (κ3) is 5.47. The molecule has 0 aromatic carbocycles. The molecule has 4 N–H and O–H groups in total. The number of pyridine rings is 1. The zero-order chi connectivity index (χ0) is 26.9. The Balaban J connectivity index is 1.58. The number of aromatic nitrogens is 3. The smallest absolute Gasteiger partial charge is 0.254 e. The number of amides is 3. The van der Waals surface area contributed by atoms with Crippen molar-refractivity contribution >= 4 is 34.5 Å². The number of aliphatic imine (C=N–C) groups is 1. The Kier molecular flexibility index (Phi) is 7.84. The topological polar surface area (TPSA) is 156 Å². The van der Waals surface area contributed by atoms with Gasteiger partial charge in [0.25, 0.3) is 11.8 Å². The van der Waals surface area contributed by atoms with E-state index in [1.54, 1.807) is 28.8 Å². The highest BCUT2D eigenvalue weighted by atomic mass is 16.3. The number of piperidine rings is 1. The third-order valence-corrected chi connectivity index (χ3v) is 7.10. The molecule has 11 nitrogen and oxygen atoms in total. The van der Waals surface area contributed by atoms with Crippen LogP contribution in [0.1, 0.15) is 68.5 Å². The highest BCUT2D eigenvalue weighted by Gasteiger charge is 2.30. The van der Waals surface area contributed by atoms with Crippen molar-refractivity contribution in [3.05, 3.63) is 35.2 Å². The molecule has 11 heteroatoms. The van der Waals surface area contributed by atoms with Gasteiger partial charge in [-0.3, -0.25) is 14.4 Å². The van der Waals surface area contributed by atoms with Crippen LogP contribution in [0.15, 0.2) is 28.9 Å². The summed E-state index contributed by atoms with van der Waals surface area (Å²) in [6, 6.07) is 0.939. The molecule has 0 saturated carbocycles. The van der Waals surface area contributed by atoms with Gasteiger partial charge in [-0.25, -0.2) is 14.7 Å². The summed E-state index contributed by atoms with van der Waals surface area (Å²) in [4.78, 5) is 48.8. The van der Waals surface area contributed by atoms with E-state index in [2.05, 4.69) is 15.4 Å². The molecule has 0 spiro atoms. The lowest BCUT2D eigenvalue weighted by Crippen LogP contribution is -2.48. The predicted octanol–water partition coefficient (Wildman–Crippen LogP) is 1.33. The van der Waals surface area contributed by atoms with Gasteiger partial charge in [-0.2, -0.15) is 5.10 Å². The zero-order valence-corrected chi connectivity index (χ0v) is 21.8. The predicted molar refractivity (Wildman–Crippen MR) is 139 cm³/mol. The summed E-state index contributed by atoms with van der Waals surface area (Å²) in [5.41, 5.74) is 9.09. The van der Waals surface area contributed by atoms with Crippen molar-refractivity contribution in [3.63, 3.8) is 0 Å². The molecule has 198 valence electrons. The van der Waals surface area contributed by atoms with Gasteiger partial charge in [0.05, 0.1) is 29.7 Å². The molecule has 0 aliphatic carbocycles. The Bertz CT molecular complexity index is 1270. The van der Waals surface area contributed by atoms with Crippen LogP contribution in [-0.4, -0.2) is 80.5 Å². The molecule has 2 aromatic rings.